The van der Waals surface area contributed by atoms with Gasteiger partial charge in [-0.25, -0.2) is 0 Å². The zero-order valence-corrected chi connectivity index (χ0v) is 12.0. The van der Waals surface area contributed by atoms with Crippen LogP contribution in [0.4, 0.5) is 0 Å². The second-order valence-electron chi connectivity index (χ2n) is 4.03. The average Bonchev–Trinajstić information content (AvgIpc) is 2.82. The summed E-state index contributed by atoms with van der Waals surface area (Å²) >= 11 is 3.72. The predicted octanol–water partition coefficient (Wildman–Crippen LogP) is 2.82. The van der Waals surface area contributed by atoms with E-state index in [0.29, 0.717) is 12.1 Å². The van der Waals surface area contributed by atoms with Crippen LogP contribution >= 0.6 is 23.1 Å². The standard InChI is InChI=1S/C12H22N2S2/c1-10(12-5-4-7-16-12)14(2)11(9-13)6-8-15-3/h4-5,7,10-11H,6,8-9,13H2,1-3H3. The van der Waals surface area contributed by atoms with Crippen molar-refractivity contribution in [3.63, 3.8) is 0 Å². The van der Waals surface area contributed by atoms with Crippen molar-refractivity contribution >= 4 is 23.1 Å². The molecular formula is C12H22N2S2. The summed E-state index contributed by atoms with van der Waals surface area (Å²) in [5.41, 5.74) is 5.86. The van der Waals surface area contributed by atoms with E-state index in [-0.39, 0.29) is 0 Å². The van der Waals surface area contributed by atoms with Crippen molar-refractivity contribution in [2.24, 2.45) is 5.73 Å². The third kappa shape index (κ3) is 3.77. The highest BCUT2D eigenvalue weighted by molar-refractivity contribution is 7.98. The van der Waals surface area contributed by atoms with Crippen molar-refractivity contribution in [1.82, 2.24) is 4.90 Å². The quantitative estimate of drug-likeness (QED) is 0.815. The van der Waals surface area contributed by atoms with Gasteiger partial charge in [0.05, 0.1) is 0 Å². The van der Waals surface area contributed by atoms with Crippen LogP contribution in [0.1, 0.15) is 24.3 Å². The first-order chi connectivity index (χ1) is 7.70. The molecule has 0 aliphatic heterocycles. The fourth-order valence-electron chi connectivity index (χ4n) is 1.79. The maximum atomic E-state index is 5.86. The van der Waals surface area contributed by atoms with Gasteiger partial charge in [0.15, 0.2) is 0 Å². The minimum atomic E-state index is 0.468. The lowest BCUT2D eigenvalue weighted by Crippen LogP contribution is -2.39. The summed E-state index contributed by atoms with van der Waals surface area (Å²) in [5.74, 6) is 1.18. The molecule has 1 heterocycles. The average molecular weight is 258 g/mol. The molecule has 0 fully saturated rings. The molecule has 2 nitrogen and oxygen atoms in total. The van der Waals surface area contributed by atoms with Gasteiger partial charge in [-0.15, -0.1) is 11.3 Å². The van der Waals surface area contributed by atoms with Crippen LogP contribution < -0.4 is 5.73 Å². The molecule has 2 atom stereocenters. The fourth-order valence-corrected chi connectivity index (χ4v) is 3.13. The number of nitrogens with two attached hydrogens (primary N) is 1. The normalized spacial score (nSPS) is 15.3. The van der Waals surface area contributed by atoms with Crippen LogP contribution in [-0.2, 0) is 0 Å². The van der Waals surface area contributed by atoms with Crippen molar-refractivity contribution in [2.45, 2.75) is 25.4 Å². The highest BCUT2D eigenvalue weighted by Gasteiger charge is 2.19. The van der Waals surface area contributed by atoms with E-state index < -0.39 is 0 Å². The lowest BCUT2D eigenvalue weighted by atomic mass is 10.1. The maximum Gasteiger partial charge on any atom is 0.0413 e. The molecular weight excluding hydrogens is 236 g/mol. The molecule has 4 heteroatoms. The lowest BCUT2D eigenvalue weighted by molar-refractivity contribution is 0.188. The highest BCUT2D eigenvalue weighted by Crippen LogP contribution is 2.25. The number of thiophene rings is 1. The summed E-state index contributed by atoms with van der Waals surface area (Å²) in [6.07, 6.45) is 3.32. The minimum Gasteiger partial charge on any atom is -0.329 e. The molecule has 0 amide bonds. The maximum absolute atomic E-state index is 5.86. The number of nitrogens with zero attached hydrogens (tertiary/aromatic N) is 1. The van der Waals surface area contributed by atoms with Crippen LogP contribution in [0.25, 0.3) is 0 Å². The summed E-state index contributed by atoms with van der Waals surface area (Å²) in [6, 6.07) is 5.28. The van der Waals surface area contributed by atoms with E-state index in [1.807, 2.05) is 23.1 Å². The van der Waals surface area contributed by atoms with Crippen molar-refractivity contribution < 1.29 is 0 Å². The Morgan fingerprint density at radius 1 is 1.56 bits per heavy atom. The van der Waals surface area contributed by atoms with Gasteiger partial charge in [0, 0.05) is 23.5 Å². The second-order valence-corrected chi connectivity index (χ2v) is 5.99. The Morgan fingerprint density at radius 2 is 2.31 bits per heavy atom. The molecule has 0 bridgehead atoms. The number of likely N-dealkylation sites (N-methyl/N-ethyl adjacent to an activating group) is 1. The van der Waals surface area contributed by atoms with Crippen LogP contribution in [-0.4, -0.2) is 36.5 Å². The number of hydrogen-bond acceptors (Lipinski definition) is 4. The van der Waals surface area contributed by atoms with E-state index in [1.54, 1.807) is 0 Å². The molecule has 16 heavy (non-hydrogen) atoms. The molecule has 1 aromatic heterocycles. The van der Waals surface area contributed by atoms with Gasteiger partial charge in [-0.2, -0.15) is 11.8 Å². The van der Waals surface area contributed by atoms with E-state index in [2.05, 4.69) is 42.6 Å². The van der Waals surface area contributed by atoms with Crippen LogP contribution in [0, 0.1) is 0 Å². The van der Waals surface area contributed by atoms with Crippen molar-refractivity contribution in [3.8, 4) is 0 Å². The van der Waals surface area contributed by atoms with Gasteiger partial charge in [-0.05, 0) is 43.8 Å². The fraction of sp³-hybridized carbons (Fsp3) is 0.667. The molecule has 0 spiro atoms. The van der Waals surface area contributed by atoms with Crippen molar-refractivity contribution in [1.29, 1.82) is 0 Å². The van der Waals surface area contributed by atoms with Gasteiger partial charge >= 0.3 is 0 Å². The van der Waals surface area contributed by atoms with Gasteiger partial charge < -0.3 is 5.73 Å². The molecule has 0 radical (unpaired) electrons. The van der Waals surface area contributed by atoms with E-state index in [4.69, 9.17) is 5.73 Å². The zero-order valence-electron chi connectivity index (χ0n) is 10.3. The molecule has 0 aliphatic rings. The van der Waals surface area contributed by atoms with Gasteiger partial charge in [-0.1, -0.05) is 6.07 Å². The Hall–Kier alpha value is -0.0300. The summed E-state index contributed by atoms with van der Waals surface area (Å²) in [5, 5.41) is 2.14. The van der Waals surface area contributed by atoms with E-state index in [1.165, 1.54) is 17.1 Å². The largest absolute Gasteiger partial charge is 0.329 e. The smallest absolute Gasteiger partial charge is 0.0413 e. The molecule has 0 aromatic carbocycles. The molecule has 2 unspecified atom stereocenters. The van der Waals surface area contributed by atoms with Crippen LogP contribution in [0.2, 0.25) is 0 Å². The molecule has 0 aliphatic carbocycles. The Bertz CT molecular complexity index is 275. The first kappa shape index (κ1) is 14.0. The SMILES string of the molecule is CSCCC(CN)N(C)C(C)c1cccs1. The molecule has 92 valence electrons. The number of hydrogen-bond donors (Lipinski definition) is 1. The second kappa shape index (κ2) is 7.33. The van der Waals surface area contributed by atoms with E-state index >= 15 is 0 Å². The van der Waals surface area contributed by atoms with Crippen molar-refractivity contribution in [2.75, 3.05) is 25.6 Å². The number of rotatable bonds is 7. The minimum absolute atomic E-state index is 0.468. The summed E-state index contributed by atoms with van der Waals surface area (Å²) < 4.78 is 0. The number of thioether (sulfide) groups is 1. The zero-order chi connectivity index (χ0) is 12.0. The lowest BCUT2D eigenvalue weighted by Gasteiger charge is -2.32. The Balaban J connectivity index is 2.56. The monoisotopic (exact) mass is 258 g/mol. The van der Waals surface area contributed by atoms with Gasteiger partial charge in [0.25, 0.3) is 0 Å². The Labute approximate surface area is 107 Å². The molecule has 0 saturated carbocycles. The Morgan fingerprint density at radius 3 is 2.81 bits per heavy atom. The van der Waals surface area contributed by atoms with E-state index in [9.17, 15) is 0 Å². The van der Waals surface area contributed by atoms with Crippen molar-refractivity contribution in [3.05, 3.63) is 22.4 Å². The first-order valence-corrected chi connectivity index (χ1v) is 7.92. The molecule has 2 N–H and O–H groups in total. The van der Waals surface area contributed by atoms with E-state index in [0.717, 1.165) is 6.54 Å². The molecule has 0 saturated heterocycles. The highest BCUT2D eigenvalue weighted by atomic mass is 32.2. The third-order valence-corrected chi connectivity index (χ3v) is 4.76. The third-order valence-electron chi connectivity index (χ3n) is 3.07. The summed E-state index contributed by atoms with van der Waals surface area (Å²) in [7, 11) is 2.18. The van der Waals surface area contributed by atoms with Gasteiger partial charge in [0.1, 0.15) is 0 Å². The molecule has 1 rings (SSSR count). The predicted molar refractivity (Wildman–Crippen MR) is 76.3 cm³/mol. The van der Waals surface area contributed by atoms with Gasteiger partial charge in [-0.3, -0.25) is 4.90 Å². The summed E-state index contributed by atoms with van der Waals surface area (Å²) in [6.45, 7) is 3.00. The Kier molecular flexibility index (Phi) is 6.43. The van der Waals surface area contributed by atoms with Crippen LogP contribution in [0.5, 0.6) is 0 Å². The summed E-state index contributed by atoms with van der Waals surface area (Å²) in [4.78, 5) is 3.83. The van der Waals surface area contributed by atoms with Gasteiger partial charge in [0.2, 0.25) is 0 Å². The van der Waals surface area contributed by atoms with Crippen LogP contribution in [0.3, 0.4) is 0 Å². The van der Waals surface area contributed by atoms with Crippen LogP contribution in [0.15, 0.2) is 17.5 Å². The topological polar surface area (TPSA) is 29.3 Å². The first-order valence-electron chi connectivity index (χ1n) is 5.65. The molecule has 1 aromatic rings.